The molecule has 2 N–H and O–H groups in total. The summed E-state index contributed by atoms with van der Waals surface area (Å²) in [6.07, 6.45) is 0.924. The van der Waals surface area contributed by atoms with Crippen molar-refractivity contribution in [1.82, 2.24) is 9.55 Å². The standard InChI is InChI=1S/C22H25F2N3O2/c1-14(2)10-11-25-21-26-18-12-15(20(28)29)8-9-19(18)27(21)13-16-6-4-5-7-17(16)22(3,23)24/h4-9,12,14H,10-11,13H2,1-3H3,(H,25,26)(H,28,29). The highest BCUT2D eigenvalue weighted by Crippen LogP contribution is 2.31. The molecule has 0 aliphatic carbocycles. The van der Waals surface area contributed by atoms with Crippen LogP contribution in [0.25, 0.3) is 11.0 Å². The fraction of sp³-hybridized carbons (Fsp3) is 0.364. The Bertz CT molecular complexity index is 1020. The fourth-order valence-corrected chi connectivity index (χ4v) is 3.29. The van der Waals surface area contributed by atoms with Crippen LogP contribution >= 0.6 is 0 Å². The molecule has 0 bridgehead atoms. The monoisotopic (exact) mass is 401 g/mol. The molecule has 1 heterocycles. The van der Waals surface area contributed by atoms with Crippen LogP contribution in [-0.2, 0) is 12.5 Å². The Hall–Kier alpha value is -2.96. The van der Waals surface area contributed by atoms with Gasteiger partial charge in [-0.25, -0.2) is 18.6 Å². The molecular weight excluding hydrogens is 376 g/mol. The number of carboxylic acids is 1. The number of rotatable bonds is 8. The van der Waals surface area contributed by atoms with E-state index in [2.05, 4.69) is 24.1 Å². The zero-order chi connectivity index (χ0) is 21.2. The number of anilines is 1. The van der Waals surface area contributed by atoms with E-state index in [4.69, 9.17) is 0 Å². The van der Waals surface area contributed by atoms with Crippen molar-refractivity contribution in [3.8, 4) is 0 Å². The molecule has 0 radical (unpaired) electrons. The number of aromatic carboxylic acids is 1. The predicted octanol–water partition coefficient (Wildman–Crippen LogP) is 5.35. The number of nitrogens with zero attached hydrogens (tertiary/aromatic N) is 2. The van der Waals surface area contributed by atoms with E-state index in [0.29, 0.717) is 35.0 Å². The SMILES string of the molecule is CC(C)CCNc1nc2cc(C(=O)O)ccc2n1Cc1ccccc1C(C)(F)F. The Morgan fingerprint density at radius 3 is 2.62 bits per heavy atom. The number of alkyl halides is 2. The van der Waals surface area contributed by atoms with Crippen LogP contribution < -0.4 is 5.32 Å². The normalized spacial score (nSPS) is 11.9. The minimum absolute atomic E-state index is 0.0304. The summed E-state index contributed by atoms with van der Waals surface area (Å²) in [5, 5.41) is 12.5. The number of nitrogens with one attached hydrogen (secondary N) is 1. The maximum atomic E-state index is 14.1. The van der Waals surface area contributed by atoms with Gasteiger partial charge >= 0.3 is 5.97 Å². The van der Waals surface area contributed by atoms with Gasteiger partial charge in [0.25, 0.3) is 5.92 Å². The van der Waals surface area contributed by atoms with E-state index in [1.807, 2.05) is 4.57 Å². The molecule has 2 aromatic carbocycles. The van der Waals surface area contributed by atoms with E-state index >= 15 is 0 Å². The van der Waals surface area contributed by atoms with Gasteiger partial charge in [-0.15, -0.1) is 0 Å². The Kier molecular flexibility index (Phi) is 5.86. The largest absolute Gasteiger partial charge is 0.478 e. The van der Waals surface area contributed by atoms with Crippen molar-refractivity contribution in [3.63, 3.8) is 0 Å². The Balaban J connectivity index is 2.06. The summed E-state index contributed by atoms with van der Waals surface area (Å²) < 4.78 is 30.0. The first-order valence-electron chi connectivity index (χ1n) is 9.60. The lowest BCUT2D eigenvalue weighted by Gasteiger charge is -2.18. The maximum absolute atomic E-state index is 14.1. The lowest BCUT2D eigenvalue weighted by molar-refractivity contribution is 0.0164. The first-order chi connectivity index (χ1) is 13.7. The van der Waals surface area contributed by atoms with Gasteiger partial charge in [0.1, 0.15) is 0 Å². The Labute approximate surface area is 168 Å². The molecule has 154 valence electrons. The topological polar surface area (TPSA) is 67.2 Å². The molecule has 0 amide bonds. The van der Waals surface area contributed by atoms with Crippen LogP contribution in [0.5, 0.6) is 0 Å². The van der Waals surface area contributed by atoms with Crippen LogP contribution in [0.2, 0.25) is 0 Å². The van der Waals surface area contributed by atoms with Crippen molar-refractivity contribution in [2.24, 2.45) is 5.92 Å². The summed E-state index contributed by atoms with van der Waals surface area (Å²) in [6.45, 7) is 6.00. The zero-order valence-electron chi connectivity index (χ0n) is 16.7. The molecule has 5 nitrogen and oxygen atoms in total. The number of carbonyl (C=O) groups is 1. The fourth-order valence-electron chi connectivity index (χ4n) is 3.29. The molecule has 0 atom stereocenters. The van der Waals surface area contributed by atoms with E-state index in [1.54, 1.807) is 24.3 Å². The minimum atomic E-state index is -2.96. The summed E-state index contributed by atoms with van der Waals surface area (Å²) in [6, 6.07) is 11.1. The van der Waals surface area contributed by atoms with Crippen molar-refractivity contribution in [2.45, 2.75) is 39.7 Å². The number of carboxylic acid groups (broad SMARTS) is 1. The Morgan fingerprint density at radius 1 is 1.24 bits per heavy atom. The van der Waals surface area contributed by atoms with Gasteiger partial charge in [-0.1, -0.05) is 38.1 Å². The van der Waals surface area contributed by atoms with E-state index in [9.17, 15) is 18.7 Å². The number of benzene rings is 2. The first-order valence-corrected chi connectivity index (χ1v) is 9.60. The lowest BCUT2D eigenvalue weighted by Crippen LogP contribution is -2.15. The highest BCUT2D eigenvalue weighted by molar-refractivity contribution is 5.93. The first kappa shape index (κ1) is 20.8. The van der Waals surface area contributed by atoms with Gasteiger partial charge < -0.3 is 15.0 Å². The highest BCUT2D eigenvalue weighted by Gasteiger charge is 2.27. The summed E-state index contributed by atoms with van der Waals surface area (Å²) in [5.74, 6) is -2.96. The van der Waals surface area contributed by atoms with Crippen LogP contribution in [0.1, 0.15) is 48.7 Å². The van der Waals surface area contributed by atoms with E-state index < -0.39 is 11.9 Å². The molecule has 0 unspecified atom stereocenters. The Morgan fingerprint density at radius 2 is 1.97 bits per heavy atom. The second-order valence-corrected chi connectivity index (χ2v) is 7.69. The highest BCUT2D eigenvalue weighted by atomic mass is 19.3. The van der Waals surface area contributed by atoms with Gasteiger partial charge in [-0.05, 0) is 36.1 Å². The molecule has 0 saturated heterocycles. The molecule has 0 aliphatic rings. The molecule has 29 heavy (non-hydrogen) atoms. The summed E-state index contributed by atoms with van der Waals surface area (Å²) >= 11 is 0. The summed E-state index contributed by atoms with van der Waals surface area (Å²) in [7, 11) is 0. The van der Waals surface area contributed by atoms with Crippen molar-refractivity contribution in [2.75, 3.05) is 11.9 Å². The molecular formula is C22H25F2N3O2. The average Bonchev–Trinajstić information content (AvgIpc) is 2.97. The van der Waals surface area contributed by atoms with Crippen LogP contribution in [0.3, 0.4) is 0 Å². The van der Waals surface area contributed by atoms with Crippen LogP contribution in [0, 0.1) is 5.92 Å². The van der Waals surface area contributed by atoms with Crippen molar-refractivity contribution >= 4 is 23.0 Å². The molecule has 0 aliphatic heterocycles. The molecule has 7 heteroatoms. The summed E-state index contributed by atoms with van der Waals surface area (Å²) in [5.41, 5.74) is 1.80. The quantitative estimate of drug-likeness (QED) is 0.534. The molecule has 1 aromatic heterocycles. The number of fused-ring (bicyclic) bond motifs is 1. The van der Waals surface area contributed by atoms with Crippen LogP contribution in [0.4, 0.5) is 14.7 Å². The number of halogens is 2. The number of hydrogen-bond donors (Lipinski definition) is 2. The lowest BCUT2D eigenvalue weighted by atomic mass is 10.0. The minimum Gasteiger partial charge on any atom is -0.478 e. The van der Waals surface area contributed by atoms with Crippen LogP contribution in [-0.4, -0.2) is 27.2 Å². The third kappa shape index (κ3) is 4.72. The van der Waals surface area contributed by atoms with Gasteiger partial charge in [-0.2, -0.15) is 0 Å². The van der Waals surface area contributed by atoms with Crippen LogP contribution in [0.15, 0.2) is 42.5 Å². The van der Waals surface area contributed by atoms with Gasteiger partial charge in [0.15, 0.2) is 0 Å². The second-order valence-electron chi connectivity index (χ2n) is 7.69. The third-order valence-corrected chi connectivity index (χ3v) is 4.82. The number of aromatic nitrogens is 2. The smallest absolute Gasteiger partial charge is 0.335 e. The molecule has 0 fully saturated rings. The van der Waals surface area contributed by atoms with Gasteiger partial charge in [-0.3, -0.25) is 0 Å². The average molecular weight is 401 g/mol. The van der Waals surface area contributed by atoms with Crippen molar-refractivity contribution in [1.29, 1.82) is 0 Å². The molecule has 3 rings (SSSR count). The number of imidazole rings is 1. The third-order valence-electron chi connectivity index (χ3n) is 4.82. The van der Waals surface area contributed by atoms with Crippen molar-refractivity contribution < 1.29 is 18.7 Å². The predicted molar refractivity (Wildman–Crippen MR) is 110 cm³/mol. The molecule has 3 aromatic rings. The maximum Gasteiger partial charge on any atom is 0.335 e. The molecule has 0 saturated carbocycles. The van der Waals surface area contributed by atoms with Gasteiger partial charge in [0, 0.05) is 19.0 Å². The van der Waals surface area contributed by atoms with Gasteiger partial charge in [0.05, 0.1) is 23.1 Å². The van der Waals surface area contributed by atoms with E-state index in [-0.39, 0.29) is 17.7 Å². The van der Waals surface area contributed by atoms with E-state index in [1.165, 1.54) is 18.2 Å². The zero-order valence-corrected chi connectivity index (χ0v) is 16.7. The van der Waals surface area contributed by atoms with Crippen molar-refractivity contribution in [3.05, 3.63) is 59.2 Å². The second kappa shape index (κ2) is 8.19. The molecule has 0 spiro atoms. The van der Waals surface area contributed by atoms with E-state index in [0.717, 1.165) is 13.3 Å². The number of hydrogen-bond acceptors (Lipinski definition) is 3. The summed E-state index contributed by atoms with van der Waals surface area (Å²) in [4.78, 5) is 15.8. The van der Waals surface area contributed by atoms with Gasteiger partial charge in [0.2, 0.25) is 5.95 Å².